The lowest BCUT2D eigenvalue weighted by Crippen LogP contribution is -2.26. The van der Waals surface area contributed by atoms with Gasteiger partial charge in [0.2, 0.25) is 0 Å². The number of nitrogens with zero attached hydrogens (tertiary/aromatic N) is 2. The predicted octanol–water partition coefficient (Wildman–Crippen LogP) is 2.61. The molecule has 5 nitrogen and oxygen atoms in total. The van der Waals surface area contributed by atoms with Crippen molar-refractivity contribution in [2.45, 2.75) is 45.4 Å². The molecule has 0 radical (unpaired) electrons. The van der Waals surface area contributed by atoms with Crippen LogP contribution in [0.25, 0.3) is 0 Å². The Kier molecular flexibility index (Phi) is 5.77. The Morgan fingerprint density at radius 2 is 2.10 bits per heavy atom. The summed E-state index contributed by atoms with van der Waals surface area (Å²) in [5, 5.41) is 13.9. The largest absolute Gasteiger partial charge is 0.369 e. The molecule has 1 amide bonds. The van der Waals surface area contributed by atoms with Crippen molar-refractivity contribution in [1.82, 2.24) is 15.5 Å². The molecule has 1 heterocycles. The predicted molar refractivity (Wildman–Crippen MR) is 79.7 cm³/mol. The van der Waals surface area contributed by atoms with Gasteiger partial charge in [-0.3, -0.25) is 4.79 Å². The molecule has 0 aromatic carbocycles. The van der Waals surface area contributed by atoms with Gasteiger partial charge in [0.1, 0.15) is 5.82 Å². The highest BCUT2D eigenvalue weighted by Gasteiger charge is 2.14. The Hall–Kier alpha value is -1.65. The minimum absolute atomic E-state index is 0.132. The summed E-state index contributed by atoms with van der Waals surface area (Å²) in [6.45, 7) is 3.51. The maximum absolute atomic E-state index is 11.9. The third kappa shape index (κ3) is 4.47. The van der Waals surface area contributed by atoms with Gasteiger partial charge in [-0.1, -0.05) is 25.7 Å². The first-order chi connectivity index (χ1) is 9.79. The smallest absolute Gasteiger partial charge is 0.271 e. The summed E-state index contributed by atoms with van der Waals surface area (Å²) in [6, 6.07) is 3.49. The van der Waals surface area contributed by atoms with Gasteiger partial charge < -0.3 is 10.6 Å². The number of hydrogen-bond donors (Lipinski definition) is 2. The summed E-state index contributed by atoms with van der Waals surface area (Å²) in [4.78, 5) is 11.9. The van der Waals surface area contributed by atoms with E-state index >= 15 is 0 Å². The average Bonchev–Trinajstić information content (AvgIpc) is 2.98. The van der Waals surface area contributed by atoms with Crippen LogP contribution in [0.5, 0.6) is 0 Å². The van der Waals surface area contributed by atoms with Gasteiger partial charge >= 0.3 is 0 Å². The van der Waals surface area contributed by atoms with Crippen LogP contribution in [0.1, 0.15) is 55.9 Å². The lowest BCUT2D eigenvalue weighted by molar-refractivity contribution is 0.0946. The maximum atomic E-state index is 11.9. The van der Waals surface area contributed by atoms with E-state index < -0.39 is 0 Å². The Morgan fingerprint density at radius 1 is 1.30 bits per heavy atom. The van der Waals surface area contributed by atoms with Crippen molar-refractivity contribution in [2.75, 3.05) is 18.4 Å². The minimum atomic E-state index is -0.132. The first kappa shape index (κ1) is 14.8. The number of rotatable bonds is 7. The summed E-state index contributed by atoms with van der Waals surface area (Å²) >= 11 is 0. The van der Waals surface area contributed by atoms with E-state index in [1.54, 1.807) is 12.1 Å². The Morgan fingerprint density at radius 3 is 2.75 bits per heavy atom. The van der Waals surface area contributed by atoms with Crippen LogP contribution in [-0.4, -0.2) is 29.2 Å². The van der Waals surface area contributed by atoms with Gasteiger partial charge in [0, 0.05) is 13.1 Å². The highest BCUT2D eigenvalue weighted by atomic mass is 16.1. The molecular formula is C15H24N4O. The SMILES string of the molecule is CCNc1ccc(C(=O)NCCCC2CCCC2)nn1. The molecule has 2 N–H and O–H groups in total. The zero-order valence-electron chi connectivity index (χ0n) is 12.2. The summed E-state index contributed by atoms with van der Waals surface area (Å²) in [6.07, 6.45) is 7.77. The lowest BCUT2D eigenvalue weighted by Gasteiger charge is -2.09. The summed E-state index contributed by atoms with van der Waals surface area (Å²) in [5.41, 5.74) is 0.382. The number of carbonyl (C=O) groups excluding carboxylic acids is 1. The summed E-state index contributed by atoms with van der Waals surface area (Å²) in [7, 11) is 0. The molecule has 0 bridgehead atoms. The summed E-state index contributed by atoms with van der Waals surface area (Å²) in [5.74, 6) is 1.45. The first-order valence-electron chi connectivity index (χ1n) is 7.65. The van der Waals surface area contributed by atoms with Crippen molar-refractivity contribution in [3.63, 3.8) is 0 Å². The molecule has 20 heavy (non-hydrogen) atoms. The summed E-state index contributed by atoms with van der Waals surface area (Å²) < 4.78 is 0. The van der Waals surface area contributed by atoms with Gasteiger partial charge in [-0.15, -0.1) is 10.2 Å². The molecule has 0 spiro atoms. The number of amides is 1. The molecule has 0 aliphatic heterocycles. The van der Waals surface area contributed by atoms with E-state index in [1.165, 1.54) is 32.1 Å². The van der Waals surface area contributed by atoms with E-state index in [9.17, 15) is 4.79 Å². The van der Waals surface area contributed by atoms with Crippen LogP contribution < -0.4 is 10.6 Å². The highest BCUT2D eigenvalue weighted by Crippen LogP contribution is 2.28. The molecule has 1 saturated carbocycles. The van der Waals surface area contributed by atoms with Crippen molar-refractivity contribution in [2.24, 2.45) is 5.92 Å². The van der Waals surface area contributed by atoms with E-state index in [4.69, 9.17) is 0 Å². The van der Waals surface area contributed by atoms with Crippen LogP contribution in [0.15, 0.2) is 12.1 Å². The third-order valence-corrected chi connectivity index (χ3v) is 3.80. The average molecular weight is 276 g/mol. The second-order valence-electron chi connectivity index (χ2n) is 5.38. The molecule has 5 heteroatoms. The van der Waals surface area contributed by atoms with Crippen LogP contribution in [0, 0.1) is 5.92 Å². The number of hydrogen-bond acceptors (Lipinski definition) is 4. The molecule has 1 fully saturated rings. The van der Waals surface area contributed by atoms with Crippen molar-refractivity contribution in [3.8, 4) is 0 Å². The molecule has 1 aliphatic rings. The number of aromatic nitrogens is 2. The van der Waals surface area contributed by atoms with Crippen molar-refractivity contribution in [3.05, 3.63) is 17.8 Å². The van der Waals surface area contributed by atoms with Crippen LogP contribution in [0.2, 0.25) is 0 Å². The molecule has 0 saturated heterocycles. The maximum Gasteiger partial charge on any atom is 0.271 e. The zero-order valence-corrected chi connectivity index (χ0v) is 12.2. The molecule has 0 atom stereocenters. The van der Waals surface area contributed by atoms with Crippen molar-refractivity contribution in [1.29, 1.82) is 0 Å². The third-order valence-electron chi connectivity index (χ3n) is 3.80. The van der Waals surface area contributed by atoms with Crippen LogP contribution in [-0.2, 0) is 0 Å². The van der Waals surface area contributed by atoms with Crippen LogP contribution >= 0.6 is 0 Å². The van der Waals surface area contributed by atoms with Gasteiger partial charge in [-0.2, -0.15) is 0 Å². The monoisotopic (exact) mass is 276 g/mol. The van der Waals surface area contributed by atoms with Gasteiger partial charge in [-0.05, 0) is 37.8 Å². The Labute approximate surface area is 120 Å². The van der Waals surface area contributed by atoms with E-state index in [2.05, 4.69) is 20.8 Å². The fourth-order valence-electron chi connectivity index (χ4n) is 2.71. The lowest BCUT2D eigenvalue weighted by atomic mass is 10.0. The molecule has 2 rings (SSSR count). The van der Waals surface area contributed by atoms with Crippen LogP contribution in [0.4, 0.5) is 5.82 Å². The minimum Gasteiger partial charge on any atom is -0.369 e. The second-order valence-corrected chi connectivity index (χ2v) is 5.38. The standard InChI is InChI=1S/C15H24N4O/c1-2-16-14-10-9-13(18-19-14)15(20)17-11-5-8-12-6-3-4-7-12/h9-10,12H,2-8,11H2,1H3,(H,16,19)(H,17,20). The number of anilines is 1. The van der Waals surface area contributed by atoms with Gasteiger partial charge in [0.15, 0.2) is 5.69 Å². The van der Waals surface area contributed by atoms with Crippen molar-refractivity contribution >= 4 is 11.7 Å². The first-order valence-corrected chi connectivity index (χ1v) is 7.65. The van der Waals surface area contributed by atoms with E-state index in [0.29, 0.717) is 11.5 Å². The fraction of sp³-hybridized carbons (Fsp3) is 0.667. The fourth-order valence-corrected chi connectivity index (χ4v) is 2.71. The van der Waals surface area contributed by atoms with E-state index in [1.807, 2.05) is 6.92 Å². The van der Waals surface area contributed by atoms with Gasteiger partial charge in [-0.25, -0.2) is 0 Å². The molecule has 0 unspecified atom stereocenters. The van der Waals surface area contributed by atoms with Gasteiger partial charge in [0.25, 0.3) is 5.91 Å². The topological polar surface area (TPSA) is 66.9 Å². The number of nitrogens with one attached hydrogen (secondary N) is 2. The van der Waals surface area contributed by atoms with E-state index in [0.717, 1.165) is 25.4 Å². The number of carbonyl (C=O) groups is 1. The highest BCUT2D eigenvalue weighted by molar-refractivity contribution is 5.92. The molecule has 1 aliphatic carbocycles. The molecule has 1 aromatic heterocycles. The Bertz CT molecular complexity index is 412. The Balaban J connectivity index is 1.68. The quantitative estimate of drug-likeness (QED) is 0.751. The second kappa shape index (κ2) is 7.82. The zero-order chi connectivity index (χ0) is 14.2. The molecule has 1 aromatic rings. The van der Waals surface area contributed by atoms with Gasteiger partial charge in [0.05, 0.1) is 0 Å². The van der Waals surface area contributed by atoms with E-state index in [-0.39, 0.29) is 5.91 Å². The molecular weight excluding hydrogens is 252 g/mol. The van der Waals surface area contributed by atoms with Crippen molar-refractivity contribution < 1.29 is 4.79 Å². The van der Waals surface area contributed by atoms with Crippen LogP contribution in [0.3, 0.4) is 0 Å². The normalized spacial score (nSPS) is 15.2. The molecule has 110 valence electrons.